The average molecular weight is 358 g/mol. The largest absolute Gasteiger partial charge is 0.394 e. The average Bonchev–Trinajstić information content (AvgIpc) is 3.15. The maximum absolute atomic E-state index is 10.4. The first-order valence-corrected chi connectivity index (χ1v) is 8.03. The van der Waals surface area contributed by atoms with Crippen LogP contribution in [0.15, 0.2) is 36.7 Å². The minimum Gasteiger partial charge on any atom is -0.394 e. The molecule has 6 N–H and O–H groups in total. The predicted molar refractivity (Wildman–Crippen MR) is 92.5 cm³/mol. The first-order chi connectivity index (χ1) is 12.6. The Labute approximate surface area is 147 Å². The lowest BCUT2D eigenvalue weighted by Gasteiger charge is -2.19. The van der Waals surface area contributed by atoms with E-state index < -0.39 is 31.1 Å². The van der Waals surface area contributed by atoms with E-state index in [4.69, 9.17) is 10.5 Å². The van der Waals surface area contributed by atoms with E-state index in [2.05, 4.69) is 20.3 Å². The van der Waals surface area contributed by atoms with E-state index in [9.17, 15) is 15.3 Å². The standard InChI is InChI=1S/C16H18N6O4/c17-13-10-14(19-7-18-13)22(15-12(25)11(24)9(6-23)26-15)16(21-10)20-8-4-2-1-3-5-8/h1-5,7,9,11-12,15,23-25H,6H2,(H,20,21)(H2,17,18,19)/t9-,11-,12-,15-/m1/s1. The van der Waals surface area contributed by atoms with E-state index in [1.165, 1.54) is 10.9 Å². The molecule has 1 saturated heterocycles. The second-order valence-corrected chi connectivity index (χ2v) is 5.96. The number of hydrogen-bond acceptors (Lipinski definition) is 9. The molecule has 3 aromatic rings. The van der Waals surface area contributed by atoms with Crippen molar-refractivity contribution in [3.8, 4) is 0 Å². The summed E-state index contributed by atoms with van der Waals surface area (Å²) in [6, 6.07) is 9.28. The van der Waals surface area contributed by atoms with Crippen molar-refractivity contribution in [3.63, 3.8) is 0 Å². The molecule has 3 heterocycles. The zero-order chi connectivity index (χ0) is 18.3. The van der Waals surface area contributed by atoms with E-state index in [-0.39, 0.29) is 5.82 Å². The van der Waals surface area contributed by atoms with Crippen molar-refractivity contribution in [2.45, 2.75) is 24.5 Å². The van der Waals surface area contributed by atoms with Crippen LogP contribution in [-0.2, 0) is 4.74 Å². The molecular weight excluding hydrogens is 340 g/mol. The van der Waals surface area contributed by atoms with Gasteiger partial charge in [0.1, 0.15) is 24.6 Å². The Hall–Kier alpha value is -2.79. The van der Waals surface area contributed by atoms with Gasteiger partial charge in [-0.1, -0.05) is 18.2 Å². The normalized spacial score (nSPS) is 25.7. The first-order valence-electron chi connectivity index (χ1n) is 8.03. The van der Waals surface area contributed by atoms with Gasteiger partial charge < -0.3 is 31.1 Å². The minimum atomic E-state index is -1.28. The summed E-state index contributed by atoms with van der Waals surface area (Å²) in [6.07, 6.45) is -3.17. The van der Waals surface area contributed by atoms with Crippen LogP contribution in [0.3, 0.4) is 0 Å². The third-order valence-electron chi connectivity index (χ3n) is 4.31. The maximum Gasteiger partial charge on any atom is 0.212 e. The van der Waals surface area contributed by atoms with Gasteiger partial charge in [-0.15, -0.1) is 0 Å². The summed E-state index contributed by atoms with van der Waals surface area (Å²) in [7, 11) is 0. The monoisotopic (exact) mass is 358 g/mol. The van der Waals surface area contributed by atoms with Crippen molar-refractivity contribution in [1.82, 2.24) is 19.5 Å². The molecule has 0 bridgehead atoms. The molecule has 0 saturated carbocycles. The van der Waals surface area contributed by atoms with Crippen LogP contribution >= 0.6 is 0 Å². The van der Waals surface area contributed by atoms with E-state index in [0.717, 1.165) is 5.69 Å². The van der Waals surface area contributed by atoms with Gasteiger partial charge in [0.2, 0.25) is 5.95 Å². The van der Waals surface area contributed by atoms with E-state index in [0.29, 0.717) is 17.1 Å². The fourth-order valence-electron chi connectivity index (χ4n) is 3.00. The van der Waals surface area contributed by atoms with Crippen molar-refractivity contribution in [2.75, 3.05) is 17.7 Å². The summed E-state index contributed by atoms with van der Waals surface area (Å²) in [6.45, 7) is -0.431. The Kier molecular flexibility index (Phi) is 4.17. The van der Waals surface area contributed by atoms with Crippen LogP contribution in [0.25, 0.3) is 11.2 Å². The van der Waals surface area contributed by atoms with Gasteiger partial charge >= 0.3 is 0 Å². The second kappa shape index (κ2) is 6.50. The highest BCUT2D eigenvalue weighted by atomic mass is 16.6. The molecule has 1 aliphatic rings. The maximum atomic E-state index is 10.4. The van der Waals surface area contributed by atoms with Crippen LogP contribution in [0.1, 0.15) is 6.23 Å². The Bertz CT molecular complexity index is 918. The molecule has 0 spiro atoms. The van der Waals surface area contributed by atoms with E-state index >= 15 is 0 Å². The molecule has 10 nitrogen and oxygen atoms in total. The molecule has 0 radical (unpaired) electrons. The van der Waals surface area contributed by atoms with Gasteiger partial charge in [0, 0.05) is 5.69 Å². The lowest BCUT2D eigenvalue weighted by atomic mass is 10.1. The van der Waals surface area contributed by atoms with Crippen LogP contribution in [0.5, 0.6) is 0 Å². The van der Waals surface area contributed by atoms with Crippen molar-refractivity contribution in [3.05, 3.63) is 36.7 Å². The third-order valence-corrected chi connectivity index (χ3v) is 4.31. The van der Waals surface area contributed by atoms with Gasteiger partial charge in [-0.25, -0.2) is 15.0 Å². The number of hydrogen-bond donors (Lipinski definition) is 5. The molecule has 0 aliphatic carbocycles. The van der Waals surface area contributed by atoms with Crippen molar-refractivity contribution < 1.29 is 20.1 Å². The van der Waals surface area contributed by atoms with Crippen molar-refractivity contribution >= 4 is 28.6 Å². The number of nitrogens with one attached hydrogen (secondary N) is 1. The molecule has 4 atom stereocenters. The molecule has 4 rings (SSSR count). The fourth-order valence-corrected chi connectivity index (χ4v) is 3.00. The molecule has 0 unspecified atom stereocenters. The second-order valence-electron chi connectivity index (χ2n) is 5.96. The molecule has 1 fully saturated rings. The van der Waals surface area contributed by atoms with Crippen LogP contribution in [0, 0.1) is 0 Å². The summed E-state index contributed by atoms with van der Waals surface area (Å²) in [5.41, 5.74) is 7.33. The smallest absolute Gasteiger partial charge is 0.212 e. The first kappa shape index (κ1) is 16.7. The Balaban J connectivity index is 1.84. The number of nitrogen functional groups attached to an aromatic ring is 1. The zero-order valence-corrected chi connectivity index (χ0v) is 13.6. The predicted octanol–water partition coefficient (Wildman–Crippen LogP) is -0.236. The van der Waals surface area contributed by atoms with Gasteiger partial charge in [0.25, 0.3) is 0 Å². The summed E-state index contributed by atoms with van der Waals surface area (Å²) >= 11 is 0. The number of anilines is 3. The lowest BCUT2D eigenvalue weighted by Crippen LogP contribution is -2.33. The van der Waals surface area contributed by atoms with Gasteiger partial charge in [0.15, 0.2) is 23.2 Å². The topological polar surface area (TPSA) is 152 Å². The van der Waals surface area contributed by atoms with E-state index in [1.807, 2.05) is 30.3 Å². The van der Waals surface area contributed by atoms with Crippen LogP contribution in [0.4, 0.5) is 17.5 Å². The highest BCUT2D eigenvalue weighted by molar-refractivity contribution is 5.84. The molecule has 0 amide bonds. The molecule has 1 aliphatic heterocycles. The van der Waals surface area contributed by atoms with Gasteiger partial charge in [-0.05, 0) is 12.1 Å². The third kappa shape index (κ3) is 2.65. The number of aliphatic hydroxyl groups excluding tert-OH is 3. The molecule has 2 aromatic heterocycles. The Morgan fingerprint density at radius 1 is 1.15 bits per heavy atom. The number of para-hydroxylation sites is 1. The van der Waals surface area contributed by atoms with Crippen molar-refractivity contribution in [1.29, 1.82) is 0 Å². The summed E-state index contributed by atoms with van der Waals surface area (Å²) < 4.78 is 7.14. The Morgan fingerprint density at radius 2 is 1.92 bits per heavy atom. The molecule has 10 heteroatoms. The number of nitrogens with zero attached hydrogens (tertiary/aromatic N) is 4. The number of fused-ring (bicyclic) bond motifs is 1. The van der Waals surface area contributed by atoms with Crippen LogP contribution < -0.4 is 11.1 Å². The molecule has 26 heavy (non-hydrogen) atoms. The minimum absolute atomic E-state index is 0.177. The molecular formula is C16H18N6O4. The van der Waals surface area contributed by atoms with Gasteiger partial charge in [-0.2, -0.15) is 0 Å². The van der Waals surface area contributed by atoms with Gasteiger partial charge in [-0.3, -0.25) is 4.57 Å². The molecule has 1 aromatic carbocycles. The number of benzene rings is 1. The fraction of sp³-hybridized carbons (Fsp3) is 0.312. The number of rotatable bonds is 4. The number of nitrogens with two attached hydrogens (primary N) is 1. The zero-order valence-electron chi connectivity index (χ0n) is 13.6. The quantitative estimate of drug-likeness (QED) is 0.425. The van der Waals surface area contributed by atoms with Crippen LogP contribution in [0.2, 0.25) is 0 Å². The summed E-state index contributed by atoms with van der Waals surface area (Å²) in [5.74, 6) is 0.491. The number of aromatic nitrogens is 4. The van der Waals surface area contributed by atoms with Crippen LogP contribution in [-0.4, -0.2) is 59.8 Å². The number of ether oxygens (including phenoxy) is 1. The Morgan fingerprint density at radius 3 is 2.62 bits per heavy atom. The highest BCUT2D eigenvalue weighted by Gasteiger charge is 2.45. The van der Waals surface area contributed by atoms with Crippen molar-refractivity contribution in [2.24, 2.45) is 0 Å². The summed E-state index contributed by atoms with van der Waals surface area (Å²) in [5, 5.41) is 33.0. The molecule has 136 valence electrons. The SMILES string of the molecule is Nc1ncnc2c1nc(Nc1ccccc1)n2[C@@H]1O[C@H](CO)[C@@H](O)[C@H]1O. The summed E-state index contributed by atoms with van der Waals surface area (Å²) in [4.78, 5) is 12.6. The van der Waals surface area contributed by atoms with Gasteiger partial charge in [0.05, 0.1) is 6.61 Å². The highest BCUT2D eigenvalue weighted by Crippen LogP contribution is 2.35. The lowest BCUT2D eigenvalue weighted by molar-refractivity contribution is -0.0501. The number of imidazole rings is 1. The number of aliphatic hydroxyl groups is 3. The van der Waals surface area contributed by atoms with E-state index in [1.54, 1.807) is 0 Å².